The number of benzene rings is 1. The number of halogens is 1. The third kappa shape index (κ3) is 3.24. The lowest BCUT2D eigenvalue weighted by molar-refractivity contribution is 0.0780. The number of furan rings is 1. The molecule has 1 aliphatic rings. The Morgan fingerprint density at radius 2 is 2.00 bits per heavy atom. The highest BCUT2D eigenvalue weighted by molar-refractivity contribution is 9.10. The number of fused-ring (bicyclic) bond motifs is 1. The van der Waals surface area contributed by atoms with E-state index in [2.05, 4.69) is 40.2 Å². The molecule has 130 valence electrons. The maximum absolute atomic E-state index is 12.7. The van der Waals surface area contributed by atoms with Gasteiger partial charge in [-0.05, 0) is 52.1 Å². The van der Waals surface area contributed by atoms with Crippen molar-refractivity contribution in [1.29, 1.82) is 0 Å². The van der Waals surface area contributed by atoms with Gasteiger partial charge in [0.2, 0.25) is 0 Å². The van der Waals surface area contributed by atoms with Crippen molar-refractivity contribution in [2.75, 3.05) is 20.6 Å². The van der Waals surface area contributed by atoms with Crippen molar-refractivity contribution in [3.05, 3.63) is 34.0 Å². The molecule has 1 fully saturated rings. The number of hydrogen-bond donors (Lipinski definition) is 1. The molecule has 1 aromatic heterocycles. The van der Waals surface area contributed by atoms with Gasteiger partial charge in [-0.3, -0.25) is 4.79 Å². The minimum atomic E-state index is -0.119. The molecule has 1 amide bonds. The van der Waals surface area contributed by atoms with E-state index >= 15 is 0 Å². The summed E-state index contributed by atoms with van der Waals surface area (Å²) >= 11 is 3.44. The highest BCUT2D eigenvalue weighted by Gasteiger charge is 2.35. The first kappa shape index (κ1) is 17.5. The van der Waals surface area contributed by atoms with Crippen molar-refractivity contribution < 1.29 is 9.21 Å². The maximum atomic E-state index is 12.7. The van der Waals surface area contributed by atoms with E-state index in [0.29, 0.717) is 12.3 Å². The standard InChI is InChI=1S/C19H25BrN2O2/c1-13-15-8-7-14(20)11-16(15)24-17(13)18(23)21-12-19(22(2)3)9-5-4-6-10-19/h7-8,11H,4-6,9-10,12H2,1-3H3,(H,21,23). The Morgan fingerprint density at radius 1 is 1.29 bits per heavy atom. The van der Waals surface area contributed by atoms with E-state index in [4.69, 9.17) is 4.42 Å². The van der Waals surface area contributed by atoms with Gasteiger partial charge in [0.05, 0.1) is 0 Å². The molecule has 1 aromatic carbocycles. The smallest absolute Gasteiger partial charge is 0.287 e. The van der Waals surface area contributed by atoms with E-state index in [-0.39, 0.29) is 11.4 Å². The Hall–Kier alpha value is -1.33. The molecule has 0 saturated heterocycles. The number of carbonyl (C=O) groups excluding carboxylic acids is 1. The summed E-state index contributed by atoms with van der Waals surface area (Å²) in [4.78, 5) is 15.0. The molecule has 0 unspecified atom stereocenters. The molecule has 2 aromatic rings. The van der Waals surface area contributed by atoms with Crippen LogP contribution in [0.25, 0.3) is 11.0 Å². The van der Waals surface area contributed by atoms with Crippen molar-refractivity contribution in [3.8, 4) is 0 Å². The van der Waals surface area contributed by atoms with Gasteiger partial charge in [-0.25, -0.2) is 0 Å². The average molecular weight is 393 g/mol. The van der Waals surface area contributed by atoms with Crippen molar-refractivity contribution in [2.24, 2.45) is 0 Å². The minimum Gasteiger partial charge on any atom is -0.451 e. The molecule has 1 heterocycles. The monoisotopic (exact) mass is 392 g/mol. The van der Waals surface area contributed by atoms with Gasteiger partial charge in [-0.1, -0.05) is 35.2 Å². The van der Waals surface area contributed by atoms with Crippen LogP contribution in [0, 0.1) is 6.92 Å². The lowest BCUT2D eigenvalue weighted by Gasteiger charge is -2.43. The van der Waals surface area contributed by atoms with Gasteiger partial charge >= 0.3 is 0 Å². The Balaban J connectivity index is 1.78. The summed E-state index contributed by atoms with van der Waals surface area (Å²) in [6.45, 7) is 2.61. The summed E-state index contributed by atoms with van der Waals surface area (Å²) in [5.74, 6) is 0.305. The topological polar surface area (TPSA) is 45.5 Å². The maximum Gasteiger partial charge on any atom is 0.287 e. The molecule has 24 heavy (non-hydrogen) atoms. The lowest BCUT2D eigenvalue weighted by Crippen LogP contribution is -2.53. The van der Waals surface area contributed by atoms with Crippen LogP contribution in [0.5, 0.6) is 0 Å². The molecule has 0 atom stereocenters. The molecule has 0 aliphatic heterocycles. The van der Waals surface area contributed by atoms with Gasteiger partial charge in [0.25, 0.3) is 5.91 Å². The predicted molar refractivity (Wildman–Crippen MR) is 100 cm³/mol. The first-order chi connectivity index (χ1) is 11.4. The Bertz CT molecular complexity index is 745. The molecule has 0 bridgehead atoms. The van der Waals surface area contributed by atoms with Crippen LogP contribution >= 0.6 is 15.9 Å². The van der Waals surface area contributed by atoms with Crippen LogP contribution in [0.1, 0.15) is 48.2 Å². The van der Waals surface area contributed by atoms with Crippen molar-refractivity contribution >= 4 is 32.8 Å². The molecule has 0 radical (unpaired) electrons. The zero-order chi connectivity index (χ0) is 17.3. The Labute approximate surface area is 151 Å². The highest BCUT2D eigenvalue weighted by Crippen LogP contribution is 2.32. The summed E-state index contributed by atoms with van der Waals surface area (Å²) in [5.41, 5.74) is 1.71. The van der Waals surface area contributed by atoms with Gasteiger partial charge < -0.3 is 14.6 Å². The number of carbonyl (C=O) groups is 1. The SMILES string of the molecule is Cc1c(C(=O)NCC2(N(C)C)CCCCC2)oc2cc(Br)ccc12. The first-order valence-electron chi connectivity index (χ1n) is 8.57. The molecule has 1 saturated carbocycles. The van der Waals surface area contributed by atoms with Crippen molar-refractivity contribution in [1.82, 2.24) is 10.2 Å². The number of amides is 1. The van der Waals surface area contributed by atoms with Gasteiger partial charge in [0, 0.05) is 27.5 Å². The van der Waals surface area contributed by atoms with E-state index in [1.165, 1.54) is 19.3 Å². The first-order valence-corrected chi connectivity index (χ1v) is 9.36. The van der Waals surface area contributed by atoms with E-state index in [9.17, 15) is 4.79 Å². The summed E-state index contributed by atoms with van der Waals surface area (Å²) in [5, 5.41) is 4.11. The van der Waals surface area contributed by atoms with Gasteiger partial charge in [0.1, 0.15) is 5.58 Å². The summed E-state index contributed by atoms with van der Waals surface area (Å²) < 4.78 is 6.77. The second-order valence-corrected chi connectivity index (χ2v) is 7.97. The van der Waals surface area contributed by atoms with Crippen molar-refractivity contribution in [2.45, 2.75) is 44.6 Å². The molecule has 3 rings (SSSR count). The van der Waals surface area contributed by atoms with Gasteiger partial charge in [-0.2, -0.15) is 0 Å². The number of hydrogen-bond acceptors (Lipinski definition) is 3. The molecular weight excluding hydrogens is 368 g/mol. The van der Waals surface area contributed by atoms with Crippen molar-refractivity contribution in [3.63, 3.8) is 0 Å². The van der Waals surface area contributed by atoms with Crippen LogP contribution in [-0.4, -0.2) is 37.0 Å². The molecule has 5 heteroatoms. The number of nitrogens with one attached hydrogen (secondary N) is 1. The number of aryl methyl sites for hydroxylation is 1. The third-order valence-electron chi connectivity index (χ3n) is 5.42. The molecule has 0 spiro atoms. The molecule has 1 aliphatic carbocycles. The Kier molecular flexibility index (Phi) is 5.02. The van der Waals surface area contributed by atoms with E-state index in [1.807, 2.05) is 25.1 Å². The second-order valence-electron chi connectivity index (χ2n) is 7.06. The predicted octanol–water partition coefficient (Wildman–Crippen LogP) is 4.50. The van der Waals surface area contributed by atoms with Gasteiger partial charge in [0.15, 0.2) is 5.76 Å². The van der Waals surface area contributed by atoms with Crippen LogP contribution < -0.4 is 5.32 Å². The molecule has 1 N–H and O–H groups in total. The number of likely N-dealkylation sites (N-methyl/N-ethyl adjacent to an activating group) is 1. The molecular formula is C19H25BrN2O2. The average Bonchev–Trinajstić information content (AvgIpc) is 2.89. The quantitative estimate of drug-likeness (QED) is 0.832. The highest BCUT2D eigenvalue weighted by atomic mass is 79.9. The normalized spacial score (nSPS) is 17.4. The summed E-state index contributed by atoms with van der Waals surface area (Å²) in [6.07, 6.45) is 6.01. The van der Waals surface area contributed by atoms with E-state index in [1.54, 1.807) is 0 Å². The second kappa shape index (κ2) is 6.89. The Morgan fingerprint density at radius 3 is 2.67 bits per heavy atom. The zero-order valence-corrected chi connectivity index (χ0v) is 16.2. The van der Waals surface area contributed by atoms with Crippen LogP contribution in [0.3, 0.4) is 0 Å². The van der Waals surface area contributed by atoms with E-state index < -0.39 is 0 Å². The van der Waals surface area contributed by atoms with Gasteiger partial charge in [-0.15, -0.1) is 0 Å². The third-order valence-corrected chi connectivity index (χ3v) is 5.91. The zero-order valence-electron chi connectivity index (χ0n) is 14.6. The fourth-order valence-electron chi connectivity index (χ4n) is 3.73. The van der Waals surface area contributed by atoms with Crippen LogP contribution in [0.4, 0.5) is 0 Å². The summed E-state index contributed by atoms with van der Waals surface area (Å²) in [6, 6.07) is 5.86. The molecule has 4 nitrogen and oxygen atoms in total. The largest absolute Gasteiger partial charge is 0.451 e. The van der Waals surface area contributed by atoms with Crippen LogP contribution in [0.15, 0.2) is 27.1 Å². The minimum absolute atomic E-state index is 0.0663. The van der Waals surface area contributed by atoms with Crippen LogP contribution in [-0.2, 0) is 0 Å². The van der Waals surface area contributed by atoms with Crippen LogP contribution in [0.2, 0.25) is 0 Å². The van der Waals surface area contributed by atoms with E-state index in [0.717, 1.165) is 33.8 Å². The fraction of sp³-hybridized carbons (Fsp3) is 0.526. The fourth-order valence-corrected chi connectivity index (χ4v) is 4.07. The summed E-state index contributed by atoms with van der Waals surface area (Å²) in [7, 11) is 4.23. The number of nitrogens with zero attached hydrogens (tertiary/aromatic N) is 1. The lowest BCUT2D eigenvalue weighted by atomic mass is 9.80. The number of rotatable bonds is 4.